The van der Waals surface area contributed by atoms with Crippen LogP contribution in [0.2, 0.25) is 6.04 Å². The van der Waals surface area contributed by atoms with Crippen molar-refractivity contribution in [1.82, 2.24) is 0 Å². The molecule has 0 aromatic heterocycles. The molecule has 0 radical (unpaired) electrons. The lowest BCUT2D eigenvalue weighted by molar-refractivity contribution is -0.124. The molecule has 0 heterocycles. The van der Waals surface area contributed by atoms with E-state index < -0.39 is 14.9 Å². The van der Waals surface area contributed by atoms with Crippen LogP contribution in [0.25, 0.3) is 0 Å². The van der Waals surface area contributed by atoms with Gasteiger partial charge in [0.15, 0.2) is 5.78 Å². The summed E-state index contributed by atoms with van der Waals surface area (Å²) in [6.45, 7) is 14.8. The van der Waals surface area contributed by atoms with Crippen molar-refractivity contribution in [2.45, 2.75) is 72.5 Å². The summed E-state index contributed by atoms with van der Waals surface area (Å²) in [5, 5.41) is 0. The van der Waals surface area contributed by atoms with Gasteiger partial charge in [-0.25, -0.2) is 0 Å². The highest BCUT2D eigenvalue weighted by molar-refractivity contribution is 6.61. The standard InChI is InChI=1S/C16H32O4Si/c1-7-11-18-21(13-9-3,19-12-8-2)20-15(10-4)16(17)14(5)6/h15H,5,7-13H2,1-4,6H3. The molecule has 0 fully saturated rings. The van der Waals surface area contributed by atoms with E-state index in [2.05, 4.69) is 27.4 Å². The molecule has 0 aliphatic rings. The van der Waals surface area contributed by atoms with Crippen LogP contribution in [0.1, 0.15) is 60.3 Å². The van der Waals surface area contributed by atoms with E-state index in [9.17, 15) is 4.79 Å². The summed E-state index contributed by atoms with van der Waals surface area (Å²) >= 11 is 0. The summed E-state index contributed by atoms with van der Waals surface area (Å²) in [5.41, 5.74) is 0.521. The number of Topliss-reactive ketones (excluding diaryl/α,β-unsaturated/α-hetero) is 1. The third-order valence-electron chi connectivity index (χ3n) is 3.01. The number of hydrogen-bond acceptors (Lipinski definition) is 4. The molecule has 0 saturated carbocycles. The van der Waals surface area contributed by atoms with E-state index in [0.29, 0.717) is 25.2 Å². The van der Waals surface area contributed by atoms with Gasteiger partial charge < -0.3 is 13.3 Å². The summed E-state index contributed by atoms with van der Waals surface area (Å²) in [6, 6.07) is 0.743. The van der Waals surface area contributed by atoms with E-state index in [1.807, 2.05) is 6.92 Å². The summed E-state index contributed by atoms with van der Waals surface area (Å²) in [4.78, 5) is 12.2. The van der Waals surface area contributed by atoms with Crippen molar-refractivity contribution in [2.24, 2.45) is 0 Å². The zero-order valence-corrected chi connectivity index (χ0v) is 15.4. The van der Waals surface area contributed by atoms with Gasteiger partial charge in [0.1, 0.15) is 6.10 Å². The summed E-state index contributed by atoms with van der Waals surface area (Å²) in [7, 11) is -2.79. The predicted molar refractivity (Wildman–Crippen MR) is 88.3 cm³/mol. The first-order valence-electron chi connectivity index (χ1n) is 8.11. The zero-order valence-electron chi connectivity index (χ0n) is 14.4. The van der Waals surface area contributed by atoms with Gasteiger partial charge in [-0.1, -0.05) is 40.7 Å². The molecule has 5 heteroatoms. The van der Waals surface area contributed by atoms with E-state index >= 15 is 0 Å². The Morgan fingerprint density at radius 3 is 1.90 bits per heavy atom. The SMILES string of the molecule is C=C(C)C(=O)C(CC)O[Si](CCC)(OCCC)OCCC. The Hall–Kier alpha value is -0.493. The molecule has 0 rings (SSSR count). The third-order valence-corrected chi connectivity index (χ3v) is 6.06. The van der Waals surface area contributed by atoms with E-state index in [-0.39, 0.29) is 5.78 Å². The predicted octanol–water partition coefficient (Wildman–Crippen LogP) is 4.13. The Morgan fingerprint density at radius 1 is 1.05 bits per heavy atom. The summed E-state index contributed by atoms with van der Waals surface area (Å²) < 4.78 is 18.1. The summed E-state index contributed by atoms with van der Waals surface area (Å²) in [6.07, 6.45) is 2.83. The van der Waals surface area contributed by atoms with Crippen molar-refractivity contribution in [3.8, 4) is 0 Å². The highest BCUT2D eigenvalue weighted by Crippen LogP contribution is 2.23. The van der Waals surface area contributed by atoms with Crippen molar-refractivity contribution in [3.05, 3.63) is 12.2 Å². The first-order chi connectivity index (χ1) is 9.96. The second kappa shape index (κ2) is 11.1. The topological polar surface area (TPSA) is 44.8 Å². The van der Waals surface area contributed by atoms with Crippen molar-refractivity contribution < 1.29 is 18.1 Å². The quantitative estimate of drug-likeness (QED) is 0.378. The first-order valence-corrected chi connectivity index (χ1v) is 10.0. The molecule has 0 saturated heterocycles. The summed E-state index contributed by atoms with van der Waals surface area (Å²) in [5.74, 6) is -0.0503. The molecule has 1 atom stereocenters. The molecule has 0 amide bonds. The van der Waals surface area contributed by atoms with Gasteiger partial charge in [0, 0.05) is 19.3 Å². The van der Waals surface area contributed by atoms with Crippen LogP contribution in [-0.4, -0.2) is 33.9 Å². The number of carbonyl (C=O) groups is 1. The minimum Gasteiger partial charge on any atom is -0.373 e. The van der Waals surface area contributed by atoms with Gasteiger partial charge >= 0.3 is 8.80 Å². The lowest BCUT2D eigenvalue weighted by atomic mass is 10.1. The van der Waals surface area contributed by atoms with Crippen LogP contribution in [0.4, 0.5) is 0 Å². The maximum atomic E-state index is 12.2. The largest absolute Gasteiger partial charge is 0.501 e. The minimum absolute atomic E-state index is 0.0503. The first kappa shape index (κ1) is 20.5. The Bertz CT molecular complexity index is 309. The fourth-order valence-electron chi connectivity index (χ4n) is 1.95. The average molecular weight is 317 g/mol. The van der Waals surface area contributed by atoms with Crippen LogP contribution in [0.15, 0.2) is 12.2 Å². The fourth-order valence-corrected chi connectivity index (χ4v) is 4.92. The van der Waals surface area contributed by atoms with Crippen LogP contribution in [0, 0.1) is 0 Å². The molecule has 0 aliphatic heterocycles. The van der Waals surface area contributed by atoms with E-state index in [4.69, 9.17) is 13.3 Å². The van der Waals surface area contributed by atoms with Gasteiger partial charge in [-0.3, -0.25) is 4.79 Å². The third kappa shape index (κ3) is 7.36. The van der Waals surface area contributed by atoms with E-state index in [1.165, 1.54) is 0 Å². The second-order valence-electron chi connectivity index (χ2n) is 5.29. The minimum atomic E-state index is -2.79. The molecular formula is C16H32O4Si. The normalized spacial score (nSPS) is 13.2. The van der Waals surface area contributed by atoms with Gasteiger partial charge in [0.05, 0.1) is 0 Å². The molecule has 0 aromatic carbocycles. The number of carbonyl (C=O) groups excluding carboxylic acids is 1. The number of hydrogen-bond donors (Lipinski definition) is 0. The van der Waals surface area contributed by atoms with Gasteiger partial charge in [0.2, 0.25) is 0 Å². The molecule has 124 valence electrons. The highest BCUT2D eigenvalue weighted by atomic mass is 28.4. The van der Waals surface area contributed by atoms with Crippen molar-refractivity contribution in [1.29, 1.82) is 0 Å². The van der Waals surface area contributed by atoms with Gasteiger partial charge in [-0.05, 0) is 31.8 Å². The molecule has 0 N–H and O–H groups in total. The number of ketones is 1. The molecule has 0 bridgehead atoms. The monoisotopic (exact) mass is 316 g/mol. The van der Waals surface area contributed by atoms with Crippen molar-refractivity contribution in [3.63, 3.8) is 0 Å². The molecule has 1 unspecified atom stereocenters. The Balaban J connectivity index is 5.11. The maximum Gasteiger partial charge on any atom is 0.501 e. The number of rotatable bonds is 13. The molecule has 0 aromatic rings. The Kier molecular flexibility index (Phi) is 10.9. The maximum absolute atomic E-state index is 12.2. The Morgan fingerprint density at radius 2 is 1.57 bits per heavy atom. The second-order valence-corrected chi connectivity index (χ2v) is 7.97. The van der Waals surface area contributed by atoms with Crippen LogP contribution in [-0.2, 0) is 18.1 Å². The lowest BCUT2D eigenvalue weighted by Gasteiger charge is -2.32. The van der Waals surface area contributed by atoms with E-state index in [1.54, 1.807) is 6.92 Å². The lowest BCUT2D eigenvalue weighted by Crippen LogP contribution is -2.50. The zero-order chi connectivity index (χ0) is 16.3. The molecule has 4 nitrogen and oxygen atoms in total. The fraction of sp³-hybridized carbons (Fsp3) is 0.812. The van der Waals surface area contributed by atoms with Crippen LogP contribution < -0.4 is 0 Å². The van der Waals surface area contributed by atoms with Crippen LogP contribution in [0.3, 0.4) is 0 Å². The van der Waals surface area contributed by atoms with Crippen LogP contribution in [0.5, 0.6) is 0 Å². The molecule has 0 spiro atoms. The van der Waals surface area contributed by atoms with Gasteiger partial charge in [0.25, 0.3) is 0 Å². The van der Waals surface area contributed by atoms with Gasteiger partial charge in [-0.2, -0.15) is 0 Å². The van der Waals surface area contributed by atoms with Gasteiger partial charge in [-0.15, -0.1) is 0 Å². The molecular weight excluding hydrogens is 284 g/mol. The van der Waals surface area contributed by atoms with Crippen LogP contribution >= 0.6 is 0 Å². The highest BCUT2D eigenvalue weighted by Gasteiger charge is 2.43. The van der Waals surface area contributed by atoms with E-state index in [0.717, 1.165) is 25.3 Å². The smallest absolute Gasteiger partial charge is 0.373 e. The van der Waals surface area contributed by atoms with Crippen molar-refractivity contribution in [2.75, 3.05) is 13.2 Å². The molecule has 0 aliphatic carbocycles. The van der Waals surface area contributed by atoms with Crippen molar-refractivity contribution >= 4 is 14.6 Å². The Labute approximate surface area is 131 Å². The average Bonchev–Trinajstić information content (AvgIpc) is 2.47. The molecule has 21 heavy (non-hydrogen) atoms.